The molecule has 5 nitrogen and oxygen atoms in total. The third kappa shape index (κ3) is 3.71. The molecule has 0 radical (unpaired) electrons. The molecule has 1 unspecified atom stereocenters. The SMILES string of the molecule is C#CCC(NC(=O)C1(CN)CCC(C)CC1)C(=O)O. The molecule has 1 amide bonds. The molecule has 0 aromatic carbocycles. The van der Waals surface area contributed by atoms with Crippen LogP contribution >= 0.6 is 0 Å². The molecule has 0 spiro atoms. The third-order valence-corrected chi connectivity index (χ3v) is 4.03. The van der Waals surface area contributed by atoms with Gasteiger partial charge >= 0.3 is 5.97 Å². The Labute approximate surface area is 113 Å². The minimum absolute atomic E-state index is 0.0157. The lowest BCUT2D eigenvalue weighted by molar-refractivity contribution is -0.144. The largest absolute Gasteiger partial charge is 0.480 e. The minimum atomic E-state index is -1.11. The highest BCUT2D eigenvalue weighted by Gasteiger charge is 2.41. The van der Waals surface area contributed by atoms with Gasteiger partial charge in [-0.15, -0.1) is 12.3 Å². The van der Waals surface area contributed by atoms with Crippen molar-refractivity contribution in [3.8, 4) is 12.3 Å². The van der Waals surface area contributed by atoms with E-state index in [2.05, 4.69) is 18.2 Å². The van der Waals surface area contributed by atoms with Gasteiger partial charge in [0.25, 0.3) is 0 Å². The molecular weight excluding hydrogens is 244 g/mol. The van der Waals surface area contributed by atoms with E-state index in [1.807, 2.05) is 0 Å². The van der Waals surface area contributed by atoms with Crippen molar-refractivity contribution in [3.05, 3.63) is 0 Å². The Bertz CT molecular complexity index is 379. The van der Waals surface area contributed by atoms with Crippen LogP contribution in [-0.4, -0.2) is 29.6 Å². The molecular formula is C14H22N2O3. The van der Waals surface area contributed by atoms with Crippen LogP contribution in [0.4, 0.5) is 0 Å². The van der Waals surface area contributed by atoms with E-state index in [4.69, 9.17) is 17.3 Å². The van der Waals surface area contributed by atoms with Gasteiger partial charge in [-0.25, -0.2) is 4.79 Å². The van der Waals surface area contributed by atoms with Crippen molar-refractivity contribution in [2.75, 3.05) is 6.54 Å². The van der Waals surface area contributed by atoms with Crippen molar-refractivity contribution in [2.45, 2.75) is 45.1 Å². The van der Waals surface area contributed by atoms with E-state index in [0.29, 0.717) is 18.8 Å². The highest BCUT2D eigenvalue weighted by molar-refractivity contribution is 5.87. The molecule has 0 saturated heterocycles. The quantitative estimate of drug-likeness (QED) is 0.640. The summed E-state index contributed by atoms with van der Waals surface area (Å²) in [5, 5.41) is 11.5. The number of hydrogen-bond donors (Lipinski definition) is 3. The lowest BCUT2D eigenvalue weighted by Crippen LogP contribution is -2.52. The number of carboxylic acids is 1. The van der Waals surface area contributed by atoms with Crippen LogP contribution in [0.1, 0.15) is 39.0 Å². The molecule has 4 N–H and O–H groups in total. The Morgan fingerprint density at radius 3 is 2.53 bits per heavy atom. The van der Waals surface area contributed by atoms with Gasteiger partial charge in [0.15, 0.2) is 0 Å². The lowest BCUT2D eigenvalue weighted by atomic mass is 9.70. The molecule has 1 fully saturated rings. The standard InChI is InChI=1S/C14H22N2O3/c1-3-4-11(12(17)18)16-13(19)14(9-15)7-5-10(2)6-8-14/h1,10-11H,4-9,15H2,2H3,(H,16,19)(H,17,18). The van der Waals surface area contributed by atoms with Gasteiger partial charge in [0, 0.05) is 13.0 Å². The normalized spacial score (nSPS) is 28.2. The average Bonchev–Trinajstić information content (AvgIpc) is 2.39. The Morgan fingerprint density at radius 1 is 1.53 bits per heavy atom. The van der Waals surface area contributed by atoms with Gasteiger partial charge in [-0.05, 0) is 31.6 Å². The van der Waals surface area contributed by atoms with Crippen molar-refractivity contribution in [2.24, 2.45) is 17.1 Å². The summed E-state index contributed by atoms with van der Waals surface area (Å²) in [6, 6.07) is -1.03. The first-order valence-corrected chi connectivity index (χ1v) is 6.62. The molecule has 1 aliphatic carbocycles. The number of carbonyl (C=O) groups excluding carboxylic acids is 1. The van der Waals surface area contributed by atoms with E-state index in [0.717, 1.165) is 12.8 Å². The van der Waals surface area contributed by atoms with E-state index < -0.39 is 17.4 Å². The summed E-state index contributed by atoms with van der Waals surface area (Å²) in [5.74, 6) is 1.48. The lowest BCUT2D eigenvalue weighted by Gasteiger charge is -2.37. The maximum atomic E-state index is 12.3. The first-order chi connectivity index (χ1) is 8.95. The molecule has 106 valence electrons. The number of amides is 1. The number of aliphatic carboxylic acids is 1. The molecule has 0 heterocycles. The predicted molar refractivity (Wildman–Crippen MR) is 72.1 cm³/mol. The van der Waals surface area contributed by atoms with Crippen LogP contribution in [0, 0.1) is 23.7 Å². The monoisotopic (exact) mass is 266 g/mol. The van der Waals surface area contributed by atoms with E-state index in [-0.39, 0.29) is 18.9 Å². The van der Waals surface area contributed by atoms with Crippen LogP contribution < -0.4 is 11.1 Å². The van der Waals surface area contributed by atoms with E-state index in [1.54, 1.807) is 0 Å². The maximum Gasteiger partial charge on any atom is 0.327 e. The fourth-order valence-corrected chi connectivity index (χ4v) is 2.47. The molecule has 5 heteroatoms. The molecule has 0 aliphatic heterocycles. The Kier molecular flexibility index (Phi) is 5.37. The van der Waals surface area contributed by atoms with Gasteiger partial charge < -0.3 is 16.2 Å². The Hall–Kier alpha value is -1.54. The average molecular weight is 266 g/mol. The third-order valence-electron chi connectivity index (χ3n) is 4.03. The number of hydrogen-bond acceptors (Lipinski definition) is 3. The first kappa shape index (κ1) is 15.5. The summed E-state index contributed by atoms with van der Waals surface area (Å²) in [7, 11) is 0. The fourth-order valence-electron chi connectivity index (χ4n) is 2.47. The second-order valence-corrected chi connectivity index (χ2v) is 5.44. The summed E-state index contributed by atoms with van der Waals surface area (Å²) in [6.45, 7) is 2.39. The molecule has 0 bridgehead atoms. The summed E-state index contributed by atoms with van der Waals surface area (Å²) >= 11 is 0. The zero-order chi connectivity index (χ0) is 14.5. The summed E-state index contributed by atoms with van der Waals surface area (Å²) in [4.78, 5) is 23.3. The van der Waals surface area contributed by atoms with Crippen molar-refractivity contribution in [1.29, 1.82) is 0 Å². The van der Waals surface area contributed by atoms with Crippen LogP contribution in [0.2, 0.25) is 0 Å². The van der Waals surface area contributed by atoms with Crippen LogP contribution in [0.3, 0.4) is 0 Å². The minimum Gasteiger partial charge on any atom is -0.480 e. The summed E-state index contributed by atoms with van der Waals surface area (Å²) in [5.41, 5.74) is 5.13. The van der Waals surface area contributed by atoms with Gasteiger partial charge in [-0.3, -0.25) is 4.79 Å². The molecule has 1 rings (SSSR count). The van der Waals surface area contributed by atoms with Crippen LogP contribution in [0.5, 0.6) is 0 Å². The van der Waals surface area contributed by atoms with Gasteiger partial charge in [0.2, 0.25) is 5.91 Å². The van der Waals surface area contributed by atoms with E-state index in [9.17, 15) is 9.59 Å². The van der Waals surface area contributed by atoms with Gasteiger partial charge in [0.1, 0.15) is 6.04 Å². The van der Waals surface area contributed by atoms with Crippen molar-refractivity contribution in [3.63, 3.8) is 0 Å². The summed E-state index contributed by atoms with van der Waals surface area (Å²) in [6.07, 6.45) is 8.40. The Morgan fingerprint density at radius 2 is 2.11 bits per heavy atom. The number of terminal acetylenes is 1. The smallest absolute Gasteiger partial charge is 0.327 e. The number of carboxylic acid groups (broad SMARTS) is 1. The van der Waals surface area contributed by atoms with Crippen LogP contribution in [0.25, 0.3) is 0 Å². The molecule has 1 atom stereocenters. The predicted octanol–water partition coefficient (Wildman–Crippen LogP) is 0.734. The van der Waals surface area contributed by atoms with Crippen molar-refractivity contribution < 1.29 is 14.7 Å². The Balaban J connectivity index is 2.73. The van der Waals surface area contributed by atoms with E-state index >= 15 is 0 Å². The number of rotatable bonds is 5. The molecule has 1 aliphatic rings. The maximum absolute atomic E-state index is 12.3. The number of nitrogens with two attached hydrogens (primary N) is 1. The van der Waals surface area contributed by atoms with Gasteiger partial charge in [0.05, 0.1) is 5.41 Å². The highest BCUT2D eigenvalue weighted by atomic mass is 16.4. The zero-order valence-electron chi connectivity index (χ0n) is 11.3. The van der Waals surface area contributed by atoms with E-state index in [1.165, 1.54) is 0 Å². The van der Waals surface area contributed by atoms with Crippen molar-refractivity contribution in [1.82, 2.24) is 5.32 Å². The molecule has 0 aromatic heterocycles. The molecule has 1 saturated carbocycles. The fraction of sp³-hybridized carbons (Fsp3) is 0.714. The zero-order valence-corrected chi connectivity index (χ0v) is 11.3. The van der Waals surface area contributed by atoms with Gasteiger partial charge in [-0.1, -0.05) is 6.92 Å². The highest BCUT2D eigenvalue weighted by Crippen LogP contribution is 2.38. The summed E-state index contributed by atoms with van der Waals surface area (Å²) < 4.78 is 0. The number of carbonyl (C=O) groups is 2. The van der Waals surface area contributed by atoms with Gasteiger partial charge in [-0.2, -0.15) is 0 Å². The first-order valence-electron chi connectivity index (χ1n) is 6.62. The molecule has 19 heavy (non-hydrogen) atoms. The molecule has 0 aromatic rings. The second kappa shape index (κ2) is 6.58. The van der Waals surface area contributed by atoms with Crippen molar-refractivity contribution >= 4 is 11.9 Å². The number of nitrogens with one attached hydrogen (secondary N) is 1. The second-order valence-electron chi connectivity index (χ2n) is 5.44. The topological polar surface area (TPSA) is 92.4 Å². The van der Waals surface area contributed by atoms with Crippen LogP contribution in [0.15, 0.2) is 0 Å². The van der Waals surface area contributed by atoms with Crippen LogP contribution in [-0.2, 0) is 9.59 Å².